The lowest BCUT2D eigenvalue weighted by molar-refractivity contribution is -0.364. The molecule has 0 fully saturated rings. The van der Waals surface area contributed by atoms with E-state index in [0.717, 1.165) is 13.0 Å². The molecular formula is C20H43NO2. The number of nitrogens with zero attached hydrogens (tertiary/aromatic N) is 1. The first kappa shape index (κ1) is 22.9. The summed E-state index contributed by atoms with van der Waals surface area (Å²) in [5, 5.41) is 1.65. The predicted molar refractivity (Wildman–Crippen MR) is 100 cm³/mol. The zero-order valence-electron chi connectivity index (χ0n) is 16.3. The minimum Gasteiger partial charge on any atom is -0.274 e. The van der Waals surface area contributed by atoms with Crippen LogP contribution in [-0.2, 0) is 9.68 Å². The fraction of sp³-hybridized carbons (Fsp3) is 1.00. The molecular weight excluding hydrogens is 286 g/mol. The first-order valence-corrected chi connectivity index (χ1v) is 10.4. The molecule has 0 aliphatic rings. The summed E-state index contributed by atoms with van der Waals surface area (Å²) < 4.78 is 0. The largest absolute Gasteiger partial charge is 0.274 e. The number of hydroxylamine groups is 2. The van der Waals surface area contributed by atoms with E-state index >= 15 is 0 Å². The lowest BCUT2D eigenvalue weighted by atomic mass is 10.0. The van der Waals surface area contributed by atoms with Crippen molar-refractivity contribution >= 4 is 0 Å². The normalized spacial score (nSPS) is 11.5. The van der Waals surface area contributed by atoms with Gasteiger partial charge in [0.1, 0.15) is 0 Å². The van der Waals surface area contributed by atoms with Crippen LogP contribution in [-0.4, -0.2) is 25.0 Å². The molecule has 0 unspecified atom stereocenters. The van der Waals surface area contributed by atoms with Gasteiger partial charge in [0, 0.05) is 0 Å². The molecule has 0 heterocycles. The van der Waals surface area contributed by atoms with E-state index in [4.69, 9.17) is 9.68 Å². The number of rotatable bonds is 19. The lowest BCUT2D eigenvalue weighted by Crippen LogP contribution is -2.25. The van der Waals surface area contributed by atoms with Crippen LogP contribution in [0.3, 0.4) is 0 Å². The highest BCUT2D eigenvalue weighted by molar-refractivity contribution is 4.49. The average molecular weight is 330 g/mol. The van der Waals surface area contributed by atoms with Gasteiger partial charge in [-0.25, -0.2) is 0 Å². The molecule has 0 rings (SSSR count). The van der Waals surface area contributed by atoms with Crippen LogP contribution >= 0.6 is 0 Å². The Morgan fingerprint density at radius 3 is 1.17 bits per heavy atom. The van der Waals surface area contributed by atoms with Crippen LogP contribution < -0.4 is 0 Å². The van der Waals surface area contributed by atoms with Crippen LogP contribution in [0.15, 0.2) is 0 Å². The molecule has 0 N–H and O–H groups in total. The summed E-state index contributed by atoms with van der Waals surface area (Å²) in [6.07, 6.45) is 19.5. The highest BCUT2D eigenvalue weighted by Gasteiger charge is 2.03. The Morgan fingerprint density at radius 2 is 0.826 bits per heavy atom. The molecule has 0 aliphatic heterocycles. The van der Waals surface area contributed by atoms with Gasteiger partial charge in [0.05, 0.1) is 19.8 Å². The van der Waals surface area contributed by atoms with E-state index in [-0.39, 0.29) is 0 Å². The summed E-state index contributed by atoms with van der Waals surface area (Å²) in [7, 11) is 0. The molecule has 0 bridgehead atoms. The van der Waals surface area contributed by atoms with E-state index in [9.17, 15) is 0 Å². The Hall–Kier alpha value is -0.120. The molecule has 0 aromatic carbocycles. The first-order valence-electron chi connectivity index (χ1n) is 10.4. The van der Waals surface area contributed by atoms with Crippen LogP contribution in [0.5, 0.6) is 0 Å². The minimum atomic E-state index is 0.679. The third-order valence-electron chi connectivity index (χ3n) is 4.24. The van der Waals surface area contributed by atoms with E-state index in [1.165, 1.54) is 83.5 Å². The summed E-state index contributed by atoms with van der Waals surface area (Å²) in [6.45, 7) is 8.53. The van der Waals surface area contributed by atoms with E-state index in [1.54, 1.807) is 5.23 Å². The van der Waals surface area contributed by atoms with Gasteiger partial charge in [-0.3, -0.25) is 9.68 Å². The zero-order chi connectivity index (χ0) is 17.0. The van der Waals surface area contributed by atoms with Gasteiger partial charge >= 0.3 is 0 Å². The van der Waals surface area contributed by atoms with E-state index < -0.39 is 0 Å². The summed E-state index contributed by atoms with van der Waals surface area (Å²) in [4.78, 5) is 10.8. The Kier molecular flexibility index (Phi) is 19.8. The smallest absolute Gasteiger partial charge is 0.0683 e. The second-order valence-electron chi connectivity index (χ2n) is 6.49. The van der Waals surface area contributed by atoms with E-state index in [1.807, 2.05) is 13.8 Å². The number of hydrogen-bond acceptors (Lipinski definition) is 3. The molecule has 0 spiro atoms. The molecule has 0 aromatic heterocycles. The number of unbranched alkanes of at least 4 members (excludes halogenated alkanes) is 13. The molecule has 0 atom stereocenters. The Morgan fingerprint density at radius 1 is 0.478 bits per heavy atom. The molecule has 3 nitrogen and oxygen atoms in total. The fourth-order valence-electron chi connectivity index (χ4n) is 2.89. The van der Waals surface area contributed by atoms with E-state index in [0.29, 0.717) is 13.2 Å². The van der Waals surface area contributed by atoms with Crippen molar-refractivity contribution in [2.45, 2.75) is 111 Å². The Balaban J connectivity index is 3.15. The molecule has 0 radical (unpaired) electrons. The van der Waals surface area contributed by atoms with Crippen molar-refractivity contribution in [3.8, 4) is 0 Å². The van der Waals surface area contributed by atoms with Crippen molar-refractivity contribution in [3.05, 3.63) is 0 Å². The molecule has 23 heavy (non-hydrogen) atoms. The highest BCUT2D eigenvalue weighted by atomic mass is 16.9. The summed E-state index contributed by atoms with van der Waals surface area (Å²) in [5.74, 6) is 0. The average Bonchev–Trinajstić information content (AvgIpc) is 2.55. The summed E-state index contributed by atoms with van der Waals surface area (Å²) in [5.41, 5.74) is 0. The lowest BCUT2D eigenvalue weighted by Gasteiger charge is -2.19. The van der Waals surface area contributed by atoms with Crippen molar-refractivity contribution in [1.82, 2.24) is 5.23 Å². The van der Waals surface area contributed by atoms with Gasteiger partial charge < -0.3 is 0 Å². The Bertz CT molecular complexity index is 206. The molecule has 0 aliphatic carbocycles. The van der Waals surface area contributed by atoms with Crippen molar-refractivity contribution in [3.63, 3.8) is 0 Å². The van der Waals surface area contributed by atoms with Crippen molar-refractivity contribution < 1.29 is 9.68 Å². The minimum absolute atomic E-state index is 0.679. The monoisotopic (exact) mass is 329 g/mol. The highest BCUT2D eigenvalue weighted by Crippen LogP contribution is 2.13. The van der Waals surface area contributed by atoms with Crippen LogP contribution in [0.1, 0.15) is 111 Å². The van der Waals surface area contributed by atoms with Gasteiger partial charge in [-0.1, -0.05) is 95.6 Å². The standard InChI is InChI=1S/C20H43NO2/c1-4-7-8-9-10-11-12-13-14-15-16-17-18-19-20-21(22-5-2)23-6-3/h4-20H2,1-3H3. The van der Waals surface area contributed by atoms with Crippen LogP contribution in [0.25, 0.3) is 0 Å². The maximum absolute atomic E-state index is 5.41. The zero-order valence-corrected chi connectivity index (χ0v) is 16.3. The van der Waals surface area contributed by atoms with Crippen molar-refractivity contribution in [1.29, 1.82) is 0 Å². The SMILES string of the molecule is CCCCCCCCCCCCCCCCN(OCC)OCC. The van der Waals surface area contributed by atoms with Crippen molar-refractivity contribution in [2.24, 2.45) is 0 Å². The predicted octanol–water partition coefficient (Wildman–Crippen LogP) is 6.67. The maximum atomic E-state index is 5.41. The third-order valence-corrected chi connectivity index (χ3v) is 4.24. The molecule has 0 saturated heterocycles. The van der Waals surface area contributed by atoms with Crippen LogP contribution in [0.2, 0.25) is 0 Å². The Labute approximate surface area is 146 Å². The topological polar surface area (TPSA) is 21.7 Å². The second kappa shape index (κ2) is 19.9. The summed E-state index contributed by atoms with van der Waals surface area (Å²) in [6, 6.07) is 0. The second-order valence-corrected chi connectivity index (χ2v) is 6.49. The van der Waals surface area contributed by atoms with Gasteiger partial charge in [-0.15, -0.1) is 0 Å². The van der Waals surface area contributed by atoms with Gasteiger partial charge in [0.2, 0.25) is 0 Å². The molecule has 0 amide bonds. The van der Waals surface area contributed by atoms with Crippen LogP contribution in [0.4, 0.5) is 0 Å². The summed E-state index contributed by atoms with van der Waals surface area (Å²) >= 11 is 0. The molecule has 0 aromatic rings. The molecule has 0 saturated carbocycles. The van der Waals surface area contributed by atoms with Gasteiger partial charge in [-0.2, -0.15) is 0 Å². The number of hydrogen-bond donors (Lipinski definition) is 0. The fourth-order valence-corrected chi connectivity index (χ4v) is 2.89. The van der Waals surface area contributed by atoms with E-state index in [2.05, 4.69) is 6.92 Å². The van der Waals surface area contributed by atoms with Gasteiger partial charge in [0.15, 0.2) is 0 Å². The quantitative estimate of drug-likeness (QED) is 0.195. The molecule has 3 heteroatoms. The first-order chi connectivity index (χ1) is 11.3. The van der Waals surface area contributed by atoms with Gasteiger partial charge in [-0.05, 0) is 20.3 Å². The third kappa shape index (κ3) is 18.1. The molecule has 140 valence electrons. The van der Waals surface area contributed by atoms with Gasteiger partial charge in [0.25, 0.3) is 0 Å². The van der Waals surface area contributed by atoms with Crippen molar-refractivity contribution in [2.75, 3.05) is 19.8 Å². The van der Waals surface area contributed by atoms with Crippen LogP contribution in [0, 0.1) is 0 Å². The maximum Gasteiger partial charge on any atom is 0.0683 e.